The van der Waals surface area contributed by atoms with Crippen molar-refractivity contribution < 1.29 is 9.84 Å². The van der Waals surface area contributed by atoms with Crippen molar-refractivity contribution in [1.29, 1.82) is 0 Å². The van der Waals surface area contributed by atoms with Crippen molar-refractivity contribution in [2.24, 2.45) is 17.8 Å². The van der Waals surface area contributed by atoms with Gasteiger partial charge in [0.2, 0.25) is 0 Å². The maximum absolute atomic E-state index is 10.4. The molecular weight excluding hydrogens is 236 g/mol. The van der Waals surface area contributed by atoms with E-state index >= 15 is 0 Å². The predicted molar refractivity (Wildman–Crippen MR) is 77.0 cm³/mol. The van der Waals surface area contributed by atoms with Crippen LogP contribution >= 0.6 is 0 Å². The zero-order valence-corrected chi connectivity index (χ0v) is 12.4. The van der Waals surface area contributed by atoms with Crippen LogP contribution in [-0.4, -0.2) is 23.4 Å². The Bertz CT molecular complexity index is 296. The quantitative estimate of drug-likeness (QED) is 0.821. The highest BCUT2D eigenvalue weighted by Gasteiger charge is 2.44. The number of hydrogen-bond acceptors (Lipinski definition) is 2. The van der Waals surface area contributed by atoms with Crippen LogP contribution in [0.25, 0.3) is 0 Å². The van der Waals surface area contributed by atoms with E-state index in [1.807, 2.05) is 0 Å². The van der Waals surface area contributed by atoms with Gasteiger partial charge in [-0.3, -0.25) is 0 Å². The predicted octanol–water partition coefficient (Wildman–Crippen LogP) is 3.91. The van der Waals surface area contributed by atoms with Crippen molar-refractivity contribution in [3.63, 3.8) is 0 Å². The first-order valence-electron chi connectivity index (χ1n) is 8.54. The molecule has 0 amide bonds. The molecule has 2 saturated carbocycles. The van der Waals surface area contributed by atoms with Crippen LogP contribution in [0.15, 0.2) is 0 Å². The summed E-state index contributed by atoms with van der Waals surface area (Å²) in [6, 6.07) is 0. The number of rotatable bonds is 2. The molecule has 0 aromatic heterocycles. The molecule has 2 heteroatoms. The van der Waals surface area contributed by atoms with Gasteiger partial charge in [-0.2, -0.15) is 0 Å². The van der Waals surface area contributed by atoms with Crippen LogP contribution in [0.3, 0.4) is 0 Å². The second-order valence-electron chi connectivity index (χ2n) is 7.31. The molecule has 1 aliphatic heterocycles. The largest absolute Gasteiger partial charge is 0.393 e. The van der Waals surface area contributed by atoms with Crippen molar-refractivity contribution in [2.45, 2.75) is 82.8 Å². The molecule has 3 rings (SSSR count). The molecule has 1 spiro atoms. The van der Waals surface area contributed by atoms with Crippen molar-refractivity contribution in [3.05, 3.63) is 0 Å². The Morgan fingerprint density at radius 1 is 1.16 bits per heavy atom. The van der Waals surface area contributed by atoms with Crippen LogP contribution in [0.4, 0.5) is 0 Å². The second-order valence-corrected chi connectivity index (χ2v) is 7.31. The summed E-state index contributed by atoms with van der Waals surface area (Å²) in [7, 11) is 0. The molecule has 4 unspecified atom stereocenters. The number of aliphatic hydroxyl groups is 1. The molecule has 0 radical (unpaired) electrons. The summed E-state index contributed by atoms with van der Waals surface area (Å²) in [5, 5.41) is 10.4. The van der Waals surface area contributed by atoms with Gasteiger partial charge in [-0.15, -0.1) is 0 Å². The Morgan fingerprint density at radius 3 is 2.68 bits per heavy atom. The number of hydrogen-bond donors (Lipinski definition) is 1. The van der Waals surface area contributed by atoms with E-state index in [1.165, 1.54) is 57.8 Å². The fourth-order valence-corrected chi connectivity index (χ4v) is 4.96. The van der Waals surface area contributed by atoms with E-state index in [2.05, 4.69) is 6.92 Å². The molecule has 0 aromatic rings. The zero-order valence-electron chi connectivity index (χ0n) is 12.4. The maximum Gasteiger partial charge on any atom is 0.0685 e. The Morgan fingerprint density at radius 2 is 1.95 bits per heavy atom. The average Bonchev–Trinajstić information content (AvgIpc) is 2.87. The van der Waals surface area contributed by atoms with Crippen LogP contribution in [0.5, 0.6) is 0 Å². The summed E-state index contributed by atoms with van der Waals surface area (Å²) in [6.07, 6.45) is 12.4. The van der Waals surface area contributed by atoms with Gasteiger partial charge in [-0.05, 0) is 62.7 Å². The van der Waals surface area contributed by atoms with E-state index in [4.69, 9.17) is 4.74 Å². The third-order valence-electron chi connectivity index (χ3n) is 6.20. The second kappa shape index (κ2) is 5.73. The highest BCUT2D eigenvalue weighted by molar-refractivity contribution is 4.95. The molecular formula is C17H30O2. The molecule has 2 nitrogen and oxygen atoms in total. The van der Waals surface area contributed by atoms with E-state index < -0.39 is 0 Å². The summed E-state index contributed by atoms with van der Waals surface area (Å²) in [5.41, 5.74) is 0.210. The monoisotopic (exact) mass is 266 g/mol. The Kier molecular flexibility index (Phi) is 4.19. The van der Waals surface area contributed by atoms with Crippen LogP contribution < -0.4 is 0 Å². The molecule has 3 aliphatic rings. The standard InChI is InChI=1S/C17H30O2/c1-2-13-5-6-16(18)15(11-13)14-7-10-19-17(12-14)8-3-4-9-17/h13-16,18H,2-12H2,1H3. The van der Waals surface area contributed by atoms with Gasteiger partial charge in [0.25, 0.3) is 0 Å². The zero-order chi connectivity index (χ0) is 13.3. The number of aliphatic hydroxyl groups excluding tert-OH is 1. The van der Waals surface area contributed by atoms with E-state index in [0.29, 0.717) is 5.92 Å². The average molecular weight is 266 g/mol. The van der Waals surface area contributed by atoms with E-state index in [0.717, 1.165) is 24.9 Å². The van der Waals surface area contributed by atoms with Crippen molar-refractivity contribution in [3.8, 4) is 0 Å². The third-order valence-corrected chi connectivity index (χ3v) is 6.20. The summed E-state index contributed by atoms with van der Waals surface area (Å²) in [4.78, 5) is 0. The van der Waals surface area contributed by atoms with Gasteiger partial charge in [-0.25, -0.2) is 0 Å². The van der Waals surface area contributed by atoms with Gasteiger partial charge >= 0.3 is 0 Å². The van der Waals surface area contributed by atoms with Crippen LogP contribution in [-0.2, 0) is 4.74 Å². The minimum absolute atomic E-state index is 0.0376. The van der Waals surface area contributed by atoms with Crippen molar-refractivity contribution >= 4 is 0 Å². The normalized spacial score (nSPS) is 42.6. The number of ether oxygens (including phenoxy) is 1. The summed E-state index contributed by atoms with van der Waals surface area (Å²) >= 11 is 0. The minimum Gasteiger partial charge on any atom is -0.393 e. The fraction of sp³-hybridized carbons (Fsp3) is 1.00. The molecule has 1 saturated heterocycles. The van der Waals surface area contributed by atoms with E-state index in [-0.39, 0.29) is 11.7 Å². The maximum atomic E-state index is 10.4. The van der Waals surface area contributed by atoms with Gasteiger partial charge in [-0.1, -0.05) is 26.2 Å². The molecule has 110 valence electrons. The fourth-order valence-electron chi connectivity index (χ4n) is 4.96. The third kappa shape index (κ3) is 2.85. The first-order chi connectivity index (χ1) is 9.22. The van der Waals surface area contributed by atoms with Crippen LogP contribution in [0.2, 0.25) is 0 Å². The van der Waals surface area contributed by atoms with Gasteiger partial charge in [0, 0.05) is 6.61 Å². The molecule has 0 bridgehead atoms. The summed E-state index contributed by atoms with van der Waals surface area (Å²) in [6.45, 7) is 3.24. The SMILES string of the molecule is CCC1CCC(O)C(C2CCOC3(CCCC3)C2)C1. The van der Waals surface area contributed by atoms with Crippen molar-refractivity contribution in [2.75, 3.05) is 6.61 Å². The molecule has 0 aromatic carbocycles. The van der Waals surface area contributed by atoms with Gasteiger partial charge in [0.05, 0.1) is 11.7 Å². The lowest BCUT2D eigenvalue weighted by Crippen LogP contribution is -2.43. The molecule has 19 heavy (non-hydrogen) atoms. The first kappa shape index (κ1) is 13.9. The molecule has 2 aliphatic carbocycles. The first-order valence-corrected chi connectivity index (χ1v) is 8.54. The summed E-state index contributed by atoms with van der Waals surface area (Å²) < 4.78 is 6.15. The molecule has 1 heterocycles. The van der Waals surface area contributed by atoms with Gasteiger partial charge in [0.15, 0.2) is 0 Å². The molecule has 4 atom stereocenters. The van der Waals surface area contributed by atoms with E-state index in [1.54, 1.807) is 0 Å². The topological polar surface area (TPSA) is 29.5 Å². The lowest BCUT2D eigenvalue weighted by molar-refractivity contribution is -0.118. The Balaban J connectivity index is 1.66. The molecule has 1 N–H and O–H groups in total. The lowest BCUT2D eigenvalue weighted by atomic mass is 9.68. The van der Waals surface area contributed by atoms with Gasteiger partial charge in [0.1, 0.15) is 0 Å². The van der Waals surface area contributed by atoms with Crippen molar-refractivity contribution in [1.82, 2.24) is 0 Å². The van der Waals surface area contributed by atoms with Crippen LogP contribution in [0, 0.1) is 17.8 Å². The minimum atomic E-state index is -0.0376. The Hall–Kier alpha value is -0.0800. The smallest absolute Gasteiger partial charge is 0.0685 e. The highest BCUT2D eigenvalue weighted by Crippen LogP contribution is 2.47. The van der Waals surface area contributed by atoms with E-state index in [9.17, 15) is 5.11 Å². The van der Waals surface area contributed by atoms with Crippen LogP contribution in [0.1, 0.15) is 71.1 Å². The molecule has 3 fully saturated rings. The van der Waals surface area contributed by atoms with Gasteiger partial charge < -0.3 is 9.84 Å². The lowest BCUT2D eigenvalue weighted by Gasteiger charge is -2.45. The summed E-state index contributed by atoms with van der Waals surface area (Å²) in [5.74, 6) is 2.13. The Labute approximate surface area is 117 Å². The highest BCUT2D eigenvalue weighted by atomic mass is 16.5.